The van der Waals surface area contributed by atoms with Crippen LogP contribution in [0.2, 0.25) is 0 Å². The van der Waals surface area contributed by atoms with E-state index < -0.39 is 0 Å². The molecule has 0 unspecified atom stereocenters. The molecule has 0 atom stereocenters. The normalized spacial score (nSPS) is 11.2. The van der Waals surface area contributed by atoms with Crippen LogP contribution in [0.3, 0.4) is 0 Å². The number of amides is 1. The quantitative estimate of drug-likeness (QED) is 0.493. The number of nitrogens with zero attached hydrogens (tertiary/aromatic N) is 1. The van der Waals surface area contributed by atoms with Crippen LogP contribution in [0.5, 0.6) is 0 Å². The van der Waals surface area contributed by atoms with Crippen molar-refractivity contribution in [1.29, 1.82) is 0 Å². The molecular formula is C18H30N2O4. The Morgan fingerprint density at radius 3 is 2.67 bits per heavy atom. The monoisotopic (exact) mass is 338 g/mol. The lowest BCUT2D eigenvalue weighted by molar-refractivity contribution is 0.0675. The molecule has 136 valence electrons. The first-order valence-corrected chi connectivity index (χ1v) is 8.45. The number of ether oxygens (including phenoxy) is 1. The van der Waals surface area contributed by atoms with Crippen LogP contribution in [0, 0.1) is 5.92 Å². The van der Waals surface area contributed by atoms with Gasteiger partial charge in [0.05, 0.1) is 26.4 Å². The number of rotatable bonds is 12. The maximum absolute atomic E-state index is 12.1. The summed E-state index contributed by atoms with van der Waals surface area (Å²) in [6.07, 6.45) is 0. The molecule has 6 heteroatoms. The molecule has 0 saturated heterocycles. The van der Waals surface area contributed by atoms with Crippen molar-refractivity contribution in [2.75, 3.05) is 46.1 Å². The summed E-state index contributed by atoms with van der Waals surface area (Å²) in [6, 6.07) is 7.53. The summed E-state index contributed by atoms with van der Waals surface area (Å²) >= 11 is 0. The van der Waals surface area contributed by atoms with E-state index in [9.17, 15) is 9.90 Å². The molecule has 0 saturated carbocycles. The first kappa shape index (κ1) is 20.6. The van der Waals surface area contributed by atoms with E-state index in [4.69, 9.17) is 9.84 Å². The Morgan fingerprint density at radius 1 is 1.21 bits per heavy atom. The molecule has 0 aliphatic heterocycles. The van der Waals surface area contributed by atoms with Crippen molar-refractivity contribution in [1.82, 2.24) is 10.2 Å². The SMILES string of the molecule is CC(C)CNC(=O)c1cccc(CN(CCO)CCOCCO)c1. The predicted molar refractivity (Wildman–Crippen MR) is 93.9 cm³/mol. The third-order valence-electron chi connectivity index (χ3n) is 3.47. The third kappa shape index (κ3) is 8.40. The number of carbonyl (C=O) groups excluding carboxylic acids is 1. The lowest BCUT2D eigenvalue weighted by atomic mass is 10.1. The topological polar surface area (TPSA) is 82.0 Å². The molecule has 0 aromatic heterocycles. The second-order valence-electron chi connectivity index (χ2n) is 6.14. The number of aliphatic hydroxyl groups is 2. The number of hydrogen-bond acceptors (Lipinski definition) is 5. The predicted octanol–water partition coefficient (Wildman–Crippen LogP) is 0.876. The van der Waals surface area contributed by atoms with E-state index >= 15 is 0 Å². The zero-order valence-electron chi connectivity index (χ0n) is 14.7. The fraction of sp³-hybridized carbons (Fsp3) is 0.611. The summed E-state index contributed by atoms with van der Waals surface area (Å²) in [5.74, 6) is 0.349. The van der Waals surface area contributed by atoms with E-state index in [1.54, 1.807) is 6.07 Å². The molecule has 3 N–H and O–H groups in total. The van der Waals surface area contributed by atoms with E-state index in [1.807, 2.05) is 18.2 Å². The molecular weight excluding hydrogens is 308 g/mol. The van der Waals surface area contributed by atoms with E-state index in [1.165, 1.54) is 0 Å². The second-order valence-corrected chi connectivity index (χ2v) is 6.14. The molecule has 0 spiro atoms. The van der Waals surface area contributed by atoms with E-state index in [-0.39, 0.29) is 19.1 Å². The smallest absolute Gasteiger partial charge is 0.251 e. The minimum atomic E-state index is -0.0643. The molecule has 1 amide bonds. The zero-order chi connectivity index (χ0) is 17.8. The Morgan fingerprint density at radius 2 is 2.00 bits per heavy atom. The fourth-order valence-electron chi connectivity index (χ4n) is 2.24. The average molecular weight is 338 g/mol. The highest BCUT2D eigenvalue weighted by atomic mass is 16.5. The van der Waals surface area contributed by atoms with Crippen molar-refractivity contribution in [2.45, 2.75) is 20.4 Å². The molecule has 0 fully saturated rings. The molecule has 0 heterocycles. The van der Waals surface area contributed by atoms with Crippen LogP contribution in [-0.4, -0.2) is 67.1 Å². The van der Waals surface area contributed by atoms with Crippen molar-refractivity contribution in [3.8, 4) is 0 Å². The first-order valence-electron chi connectivity index (χ1n) is 8.45. The number of benzene rings is 1. The van der Waals surface area contributed by atoms with Gasteiger partial charge in [-0.05, 0) is 23.6 Å². The Labute approximate surface area is 144 Å². The summed E-state index contributed by atoms with van der Waals surface area (Å²) < 4.78 is 5.28. The Hall–Kier alpha value is -1.47. The summed E-state index contributed by atoms with van der Waals surface area (Å²) in [6.45, 7) is 7.48. The molecule has 1 aromatic rings. The summed E-state index contributed by atoms with van der Waals surface area (Å²) in [4.78, 5) is 14.2. The maximum Gasteiger partial charge on any atom is 0.251 e. The first-order chi connectivity index (χ1) is 11.6. The van der Waals surface area contributed by atoms with Gasteiger partial charge in [-0.25, -0.2) is 0 Å². The number of hydrogen-bond donors (Lipinski definition) is 3. The highest BCUT2D eigenvalue weighted by molar-refractivity contribution is 5.94. The minimum Gasteiger partial charge on any atom is -0.395 e. The standard InChI is InChI=1S/C18H30N2O4/c1-15(2)13-19-18(23)17-5-3-4-16(12-17)14-20(6-8-21)7-10-24-11-9-22/h3-5,12,15,21-22H,6-11,13-14H2,1-2H3,(H,19,23). The van der Waals surface area contributed by atoms with Crippen LogP contribution >= 0.6 is 0 Å². The lowest BCUT2D eigenvalue weighted by Gasteiger charge is -2.21. The number of aliphatic hydroxyl groups excluding tert-OH is 2. The van der Waals surface area contributed by atoms with Gasteiger partial charge in [0, 0.05) is 31.7 Å². The zero-order valence-corrected chi connectivity index (χ0v) is 14.7. The van der Waals surface area contributed by atoms with Gasteiger partial charge in [-0.3, -0.25) is 9.69 Å². The Bertz CT molecular complexity index is 480. The van der Waals surface area contributed by atoms with Crippen LogP contribution in [0.1, 0.15) is 29.8 Å². The Kier molecular flexibility index (Phi) is 10.3. The highest BCUT2D eigenvalue weighted by Crippen LogP contribution is 2.09. The molecule has 6 nitrogen and oxygen atoms in total. The van der Waals surface area contributed by atoms with E-state index in [2.05, 4.69) is 24.1 Å². The van der Waals surface area contributed by atoms with Crippen molar-refractivity contribution in [2.24, 2.45) is 5.92 Å². The van der Waals surface area contributed by atoms with Gasteiger partial charge in [-0.1, -0.05) is 26.0 Å². The summed E-state index contributed by atoms with van der Waals surface area (Å²) in [5, 5.41) is 20.8. The van der Waals surface area contributed by atoms with Crippen molar-refractivity contribution in [3.63, 3.8) is 0 Å². The summed E-state index contributed by atoms with van der Waals surface area (Å²) in [5.41, 5.74) is 1.66. The van der Waals surface area contributed by atoms with Gasteiger partial charge in [0.15, 0.2) is 0 Å². The number of nitrogens with one attached hydrogen (secondary N) is 1. The molecule has 0 bridgehead atoms. The van der Waals surface area contributed by atoms with Gasteiger partial charge in [0.1, 0.15) is 0 Å². The molecule has 24 heavy (non-hydrogen) atoms. The van der Waals surface area contributed by atoms with Crippen LogP contribution in [0.15, 0.2) is 24.3 Å². The number of carbonyl (C=O) groups is 1. The van der Waals surface area contributed by atoms with Gasteiger partial charge in [0.25, 0.3) is 5.91 Å². The van der Waals surface area contributed by atoms with Crippen LogP contribution < -0.4 is 5.32 Å². The third-order valence-corrected chi connectivity index (χ3v) is 3.47. The van der Waals surface area contributed by atoms with Crippen LogP contribution in [-0.2, 0) is 11.3 Å². The van der Waals surface area contributed by atoms with E-state index in [0.717, 1.165) is 5.56 Å². The molecule has 1 rings (SSSR count). The molecule has 1 aromatic carbocycles. The largest absolute Gasteiger partial charge is 0.395 e. The van der Waals surface area contributed by atoms with Crippen molar-refractivity contribution < 1.29 is 19.7 Å². The molecule has 0 radical (unpaired) electrons. The van der Waals surface area contributed by atoms with Gasteiger partial charge in [-0.15, -0.1) is 0 Å². The van der Waals surface area contributed by atoms with Gasteiger partial charge < -0.3 is 20.3 Å². The van der Waals surface area contributed by atoms with Gasteiger partial charge in [-0.2, -0.15) is 0 Å². The second kappa shape index (κ2) is 12.0. The van der Waals surface area contributed by atoms with Crippen LogP contribution in [0.4, 0.5) is 0 Å². The molecule has 0 aliphatic carbocycles. The molecule has 0 aliphatic rings. The van der Waals surface area contributed by atoms with Crippen molar-refractivity contribution >= 4 is 5.91 Å². The maximum atomic E-state index is 12.1. The summed E-state index contributed by atoms with van der Waals surface area (Å²) in [7, 11) is 0. The Balaban J connectivity index is 2.60. The van der Waals surface area contributed by atoms with E-state index in [0.29, 0.717) is 50.9 Å². The van der Waals surface area contributed by atoms with Gasteiger partial charge in [0.2, 0.25) is 0 Å². The van der Waals surface area contributed by atoms with Crippen LogP contribution in [0.25, 0.3) is 0 Å². The fourth-order valence-corrected chi connectivity index (χ4v) is 2.24. The van der Waals surface area contributed by atoms with Crippen molar-refractivity contribution in [3.05, 3.63) is 35.4 Å². The van der Waals surface area contributed by atoms with Gasteiger partial charge >= 0.3 is 0 Å². The highest BCUT2D eigenvalue weighted by Gasteiger charge is 2.09. The lowest BCUT2D eigenvalue weighted by Crippen LogP contribution is -2.30. The minimum absolute atomic E-state index is 0.00747. The average Bonchev–Trinajstić information content (AvgIpc) is 2.57.